The quantitative estimate of drug-likeness (QED) is 0.758. The van der Waals surface area contributed by atoms with Gasteiger partial charge in [0.1, 0.15) is 11.7 Å². The first kappa shape index (κ1) is 16.4. The fraction of sp³-hybridized carbons (Fsp3) is 0.556. The third-order valence-corrected chi connectivity index (χ3v) is 4.26. The molecule has 0 radical (unpaired) electrons. The number of likely N-dealkylation sites (tertiary alicyclic amines) is 1. The normalized spacial score (nSPS) is 15.4. The zero-order valence-electron chi connectivity index (χ0n) is 13.5. The summed E-state index contributed by atoms with van der Waals surface area (Å²) >= 11 is 0. The molecule has 0 spiro atoms. The Kier molecular flexibility index (Phi) is 5.83. The van der Waals surface area contributed by atoms with Crippen molar-refractivity contribution in [2.24, 2.45) is 5.92 Å². The Hall–Kier alpha value is -2.02. The number of rotatable bonds is 6. The highest BCUT2D eigenvalue weighted by Gasteiger charge is 2.25. The summed E-state index contributed by atoms with van der Waals surface area (Å²) in [6.45, 7) is 6.27. The largest absolute Gasteiger partial charge is 0.494 e. The smallest absolute Gasteiger partial charge is 0.239 e. The van der Waals surface area contributed by atoms with E-state index in [0.717, 1.165) is 31.7 Å². The van der Waals surface area contributed by atoms with Gasteiger partial charge in [-0.25, -0.2) is 0 Å². The molecule has 0 aromatic heterocycles. The van der Waals surface area contributed by atoms with Crippen molar-refractivity contribution in [1.82, 2.24) is 4.90 Å². The number of nitriles is 1. The van der Waals surface area contributed by atoms with Gasteiger partial charge in [0.25, 0.3) is 0 Å². The molecular weight excluding hydrogens is 276 g/mol. The molecule has 4 heteroatoms. The topological polar surface area (TPSA) is 53.3 Å². The summed E-state index contributed by atoms with van der Waals surface area (Å²) in [5, 5.41) is 9.20. The number of hydrogen-bond donors (Lipinski definition) is 0. The number of carbonyl (C=O) groups excluding carboxylic acids is 1. The van der Waals surface area contributed by atoms with Crippen molar-refractivity contribution in [3.63, 3.8) is 0 Å². The van der Waals surface area contributed by atoms with Gasteiger partial charge in [0.05, 0.1) is 12.7 Å². The van der Waals surface area contributed by atoms with E-state index in [0.29, 0.717) is 19.4 Å². The first-order valence-electron chi connectivity index (χ1n) is 8.00. The fourth-order valence-corrected chi connectivity index (χ4v) is 2.68. The lowest BCUT2D eigenvalue weighted by Crippen LogP contribution is -2.33. The minimum Gasteiger partial charge on any atom is -0.494 e. The van der Waals surface area contributed by atoms with Crippen LogP contribution < -0.4 is 4.74 Å². The van der Waals surface area contributed by atoms with Crippen molar-refractivity contribution in [3.05, 3.63) is 29.3 Å². The summed E-state index contributed by atoms with van der Waals surface area (Å²) in [7, 11) is 0. The second-order valence-electron chi connectivity index (χ2n) is 5.95. The van der Waals surface area contributed by atoms with Crippen LogP contribution in [0.3, 0.4) is 0 Å². The Morgan fingerprint density at radius 2 is 2.05 bits per heavy atom. The summed E-state index contributed by atoms with van der Waals surface area (Å²) in [5.41, 5.74) is 2.45. The maximum Gasteiger partial charge on any atom is 0.239 e. The highest BCUT2D eigenvalue weighted by molar-refractivity contribution is 5.81. The number of ether oxygens (including phenoxy) is 1. The van der Waals surface area contributed by atoms with Crippen LogP contribution in [0.5, 0.6) is 5.75 Å². The van der Waals surface area contributed by atoms with Gasteiger partial charge in [-0.15, -0.1) is 0 Å². The summed E-state index contributed by atoms with van der Waals surface area (Å²) in [4.78, 5) is 14.0. The molecule has 0 bridgehead atoms. The van der Waals surface area contributed by atoms with Gasteiger partial charge in [0, 0.05) is 13.1 Å². The molecule has 0 saturated carbocycles. The van der Waals surface area contributed by atoms with E-state index in [1.165, 1.54) is 11.1 Å². The van der Waals surface area contributed by atoms with Crippen LogP contribution in [-0.4, -0.2) is 30.5 Å². The van der Waals surface area contributed by atoms with Crippen LogP contribution in [-0.2, 0) is 4.79 Å². The Bertz CT molecular complexity index is 557. The van der Waals surface area contributed by atoms with Crippen molar-refractivity contribution in [2.45, 2.75) is 39.5 Å². The van der Waals surface area contributed by atoms with Gasteiger partial charge in [0.2, 0.25) is 5.91 Å². The molecule has 1 aliphatic heterocycles. The Labute approximate surface area is 132 Å². The lowest BCUT2D eigenvalue weighted by molar-refractivity contribution is -0.132. The second kappa shape index (κ2) is 7.84. The summed E-state index contributed by atoms with van der Waals surface area (Å²) < 4.78 is 5.71. The van der Waals surface area contributed by atoms with Crippen molar-refractivity contribution >= 4 is 5.91 Å². The van der Waals surface area contributed by atoms with Crippen LogP contribution in [0.4, 0.5) is 0 Å². The van der Waals surface area contributed by atoms with Gasteiger partial charge in [-0.2, -0.15) is 5.26 Å². The van der Waals surface area contributed by atoms with Crippen molar-refractivity contribution in [3.8, 4) is 11.8 Å². The van der Waals surface area contributed by atoms with Crippen LogP contribution in [0, 0.1) is 31.1 Å². The van der Waals surface area contributed by atoms with Gasteiger partial charge >= 0.3 is 0 Å². The monoisotopic (exact) mass is 300 g/mol. The fourth-order valence-electron chi connectivity index (χ4n) is 2.68. The van der Waals surface area contributed by atoms with Crippen molar-refractivity contribution in [1.29, 1.82) is 5.26 Å². The second-order valence-corrected chi connectivity index (χ2v) is 5.95. The molecular formula is C18H24N2O2. The van der Waals surface area contributed by atoms with Gasteiger partial charge in [-0.3, -0.25) is 4.79 Å². The van der Waals surface area contributed by atoms with Gasteiger partial charge in [-0.1, -0.05) is 6.07 Å². The minimum atomic E-state index is -0.526. The number of hydrogen-bond acceptors (Lipinski definition) is 3. The molecule has 1 unspecified atom stereocenters. The minimum absolute atomic E-state index is 0.00817. The lowest BCUT2D eigenvalue weighted by atomic mass is 10.0. The van der Waals surface area contributed by atoms with E-state index in [-0.39, 0.29) is 5.91 Å². The van der Waals surface area contributed by atoms with Crippen LogP contribution in [0.1, 0.15) is 36.8 Å². The van der Waals surface area contributed by atoms with Crippen LogP contribution in [0.2, 0.25) is 0 Å². The van der Waals surface area contributed by atoms with E-state index >= 15 is 0 Å². The van der Waals surface area contributed by atoms with E-state index in [2.05, 4.69) is 19.9 Å². The molecule has 1 aromatic rings. The molecule has 1 amide bonds. The summed E-state index contributed by atoms with van der Waals surface area (Å²) in [6.07, 6.45) is 3.39. The average Bonchev–Trinajstić information content (AvgIpc) is 3.04. The zero-order valence-corrected chi connectivity index (χ0v) is 13.5. The van der Waals surface area contributed by atoms with E-state index in [1.54, 1.807) is 0 Å². The molecule has 1 heterocycles. The van der Waals surface area contributed by atoms with Crippen LogP contribution in [0.25, 0.3) is 0 Å². The van der Waals surface area contributed by atoms with E-state index in [9.17, 15) is 10.1 Å². The van der Waals surface area contributed by atoms with Crippen molar-refractivity contribution in [2.75, 3.05) is 19.7 Å². The molecule has 0 aliphatic carbocycles. The Morgan fingerprint density at radius 3 is 2.68 bits per heavy atom. The van der Waals surface area contributed by atoms with Crippen LogP contribution >= 0.6 is 0 Å². The van der Waals surface area contributed by atoms with Crippen molar-refractivity contribution < 1.29 is 9.53 Å². The first-order valence-corrected chi connectivity index (χ1v) is 8.00. The molecule has 1 fully saturated rings. The first-order chi connectivity index (χ1) is 10.6. The molecule has 22 heavy (non-hydrogen) atoms. The van der Waals surface area contributed by atoms with Gasteiger partial charge in [-0.05, 0) is 62.8 Å². The Balaban J connectivity index is 1.75. The summed E-state index contributed by atoms with van der Waals surface area (Å²) in [6, 6.07) is 8.17. The Morgan fingerprint density at radius 1 is 1.32 bits per heavy atom. The van der Waals surface area contributed by atoms with E-state index in [1.807, 2.05) is 23.1 Å². The van der Waals surface area contributed by atoms with Crippen LogP contribution in [0.15, 0.2) is 18.2 Å². The van der Waals surface area contributed by atoms with E-state index < -0.39 is 5.92 Å². The predicted octanol–water partition coefficient (Wildman–Crippen LogP) is 3.22. The predicted molar refractivity (Wildman–Crippen MR) is 85.6 cm³/mol. The number of aryl methyl sites for hydroxylation is 2. The molecule has 1 aromatic carbocycles. The number of amides is 1. The third kappa shape index (κ3) is 4.24. The number of nitrogens with zero attached hydrogens (tertiary/aromatic N) is 2. The molecule has 4 nitrogen and oxygen atoms in total. The molecule has 1 atom stereocenters. The standard InChI is InChI=1S/C18H24N2O2/c1-14-7-8-17(12-15(14)2)22-11-5-6-16(13-19)18(21)20-9-3-4-10-20/h7-8,12,16H,3-6,9-11H2,1-2H3. The molecule has 1 saturated heterocycles. The summed E-state index contributed by atoms with van der Waals surface area (Å²) in [5.74, 6) is 0.315. The highest BCUT2D eigenvalue weighted by Crippen LogP contribution is 2.18. The van der Waals surface area contributed by atoms with Gasteiger partial charge in [0.15, 0.2) is 0 Å². The molecule has 0 N–H and O–H groups in total. The maximum absolute atomic E-state index is 12.2. The molecule has 1 aliphatic rings. The molecule has 118 valence electrons. The maximum atomic E-state index is 12.2. The highest BCUT2D eigenvalue weighted by atomic mass is 16.5. The number of benzene rings is 1. The SMILES string of the molecule is Cc1ccc(OCCCC(C#N)C(=O)N2CCCC2)cc1C. The zero-order chi connectivity index (χ0) is 15.9. The van der Waals surface area contributed by atoms with Gasteiger partial charge < -0.3 is 9.64 Å². The number of carbonyl (C=O) groups is 1. The lowest BCUT2D eigenvalue weighted by Gasteiger charge is -2.18. The van der Waals surface area contributed by atoms with E-state index in [4.69, 9.17) is 4.74 Å². The molecule has 2 rings (SSSR count). The average molecular weight is 300 g/mol. The third-order valence-electron chi connectivity index (χ3n) is 4.26.